The van der Waals surface area contributed by atoms with Crippen molar-refractivity contribution in [3.63, 3.8) is 0 Å². The highest BCUT2D eigenvalue weighted by Gasteiger charge is 2.31. The first kappa shape index (κ1) is 14.6. The fraction of sp³-hybridized carbons (Fsp3) is 0.462. The molecular formula is C13H15F3N2O2. The van der Waals surface area contributed by atoms with E-state index in [0.717, 1.165) is 12.8 Å². The third kappa shape index (κ3) is 3.41. The number of nitrogens with one attached hydrogen (secondary N) is 2. The molecule has 20 heavy (non-hydrogen) atoms. The Balaban J connectivity index is 1.93. The maximum absolute atomic E-state index is 13.3. The lowest BCUT2D eigenvalue weighted by atomic mass is 10.0. The first-order valence-corrected chi connectivity index (χ1v) is 6.31. The minimum absolute atomic E-state index is 0.0319. The van der Waals surface area contributed by atoms with E-state index in [4.69, 9.17) is 0 Å². The number of benzene rings is 1. The zero-order valence-electron chi connectivity index (χ0n) is 10.7. The number of urea groups is 1. The van der Waals surface area contributed by atoms with Crippen LogP contribution in [0.1, 0.15) is 25.7 Å². The summed E-state index contributed by atoms with van der Waals surface area (Å²) in [4.78, 5) is 11.5. The second kappa shape index (κ2) is 5.70. The fourth-order valence-corrected chi connectivity index (χ4v) is 2.24. The van der Waals surface area contributed by atoms with Gasteiger partial charge in [0.25, 0.3) is 0 Å². The smallest absolute Gasteiger partial charge is 0.319 e. The van der Waals surface area contributed by atoms with E-state index >= 15 is 0 Å². The lowest BCUT2D eigenvalue weighted by Gasteiger charge is -2.22. The summed E-state index contributed by atoms with van der Waals surface area (Å²) in [6.07, 6.45) is 2.95. The molecule has 7 heteroatoms. The Morgan fingerprint density at radius 2 is 1.75 bits per heavy atom. The number of rotatable bonds is 3. The maximum Gasteiger partial charge on any atom is 0.319 e. The summed E-state index contributed by atoms with van der Waals surface area (Å²) in [7, 11) is 0. The van der Waals surface area contributed by atoms with Gasteiger partial charge in [0.2, 0.25) is 0 Å². The first-order valence-electron chi connectivity index (χ1n) is 6.31. The second-order valence-electron chi connectivity index (χ2n) is 4.99. The van der Waals surface area contributed by atoms with Gasteiger partial charge in [-0.25, -0.2) is 18.0 Å². The molecule has 1 aromatic carbocycles. The van der Waals surface area contributed by atoms with Crippen LogP contribution in [0, 0.1) is 17.5 Å². The maximum atomic E-state index is 13.3. The summed E-state index contributed by atoms with van der Waals surface area (Å²) in [5, 5.41) is 14.5. The third-order valence-electron chi connectivity index (χ3n) is 3.37. The Morgan fingerprint density at radius 1 is 1.15 bits per heavy atom. The van der Waals surface area contributed by atoms with Gasteiger partial charge < -0.3 is 15.7 Å². The van der Waals surface area contributed by atoms with E-state index in [1.807, 2.05) is 0 Å². The molecule has 1 saturated carbocycles. The quantitative estimate of drug-likeness (QED) is 0.748. The Kier molecular flexibility index (Phi) is 4.17. The van der Waals surface area contributed by atoms with Crippen LogP contribution >= 0.6 is 0 Å². The lowest BCUT2D eigenvalue weighted by molar-refractivity contribution is 0.0506. The minimum Gasteiger partial charge on any atom is -0.388 e. The fourth-order valence-electron chi connectivity index (χ4n) is 2.24. The van der Waals surface area contributed by atoms with Crippen LogP contribution in [0.25, 0.3) is 0 Å². The van der Waals surface area contributed by atoms with Gasteiger partial charge in [-0.3, -0.25) is 0 Å². The van der Waals surface area contributed by atoms with Gasteiger partial charge in [0.1, 0.15) is 5.82 Å². The molecule has 1 aromatic rings. The second-order valence-corrected chi connectivity index (χ2v) is 4.99. The van der Waals surface area contributed by atoms with Gasteiger partial charge in [-0.1, -0.05) is 12.8 Å². The van der Waals surface area contributed by atoms with E-state index in [9.17, 15) is 23.1 Å². The zero-order chi connectivity index (χ0) is 14.8. The summed E-state index contributed by atoms with van der Waals surface area (Å²) in [6.45, 7) is 0.0319. The predicted octanol–water partition coefficient (Wildman–Crippen LogP) is 2.53. The van der Waals surface area contributed by atoms with Crippen LogP contribution in [-0.2, 0) is 0 Å². The first-order chi connectivity index (χ1) is 9.39. The van der Waals surface area contributed by atoms with Gasteiger partial charge in [0.05, 0.1) is 11.3 Å². The highest BCUT2D eigenvalue weighted by Crippen LogP contribution is 2.28. The van der Waals surface area contributed by atoms with Crippen molar-refractivity contribution < 1.29 is 23.1 Å². The summed E-state index contributed by atoms with van der Waals surface area (Å²) in [6, 6.07) is 0.138. The van der Waals surface area contributed by atoms with Gasteiger partial charge in [-0.05, 0) is 12.8 Å². The molecule has 4 nitrogen and oxygen atoms in total. The molecule has 3 N–H and O–H groups in total. The molecular weight excluding hydrogens is 273 g/mol. The van der Waals surface area contributed by atoms with Crippen LogP contribution in [0.3, 0.4) is 0 Å². The molecule has 1 aliphatic rings. The molecule has 2 amide bonds. The normalized spacial score (nSPS) is 17.0. The van der Waals surface area contributed by atoms with E-state index in [2.05, 4.69) is 10.6 Å². The van der Waals surface area contributed by atoms with E-state index in [0.29, 0.717) is 25.0 Å². The molecule has 110 valence electrons. The largest absolute Gasteiger partial charge is 0.388 e. The molecule has 0 aliphatic heterocycles. The number of aliphatic hydroxyl groups is 1. The molecule has 1 fully saturated rings. The number of carbonyl (C=O) groups is 1. The number of anilines is 1. The number of hydrogen-bond donors (Lipinski definition) is 3. The number of halogens is 3. The topological polar surface area (TPSA) is 61.4 Å². The molecule has 0 bridgehead atoms. The molecule has 0 heterocycles. The van der Waals surface area contributed by atoms with Crippen molar-refractivity contribution in [1.29, 1.82) is 0 Å². The average Bonchev–Trinajstić information content (AvgIpc) is 2.81. The lowest BCUT2D eigenvalue weighted by Crippen LogP contribution is -2.42. The summed E-state index contributed by atoms with van der Waals surface area (Å²) in [5.41, 5.74) is -1.40. The van der Waals surface area contributed by atoms with Crippen molar-refractivity contribution in [3.05, 3.63) is 29.6 Å². The van der Waals surface area contributed by atoms with E-state index < -0.39 is 34.8 Å². The monoisotopic (exact) mass is 288 g/mol. The summed E-state index contributed by atoms with van der Waals surface area (Å²) < 4.78 is 39.0. The van der Waals surface area contributed by atoms with Crippen molar-refractivity contribution in [3.8, 4) is 0 Å². The van der Waals surface area contributed by atoms with Crippen LogP contribution in [0.15, 0.2) is 12.1 Å². The summed E-state index contributed by atoms with van der Waals surface area (Å²) >= 11 is 0. The van der Waals surface area contributed by atoms with Gasteiger partial charge >= 0.3 is 6.03 Å². The van der Waals surface area contributed by atoms with Crippen molar-refractivity contribution in [2.45, 2.75) is 31.3 Å². The molecule has 0 aromatic heterocycles. The van der Waals surface area contributed by atoms with Gasteiger partial charge in [0.15, 0.2) is 11.6 Å². The third-order valence-corrected chi connectivity index (χ3v) is 3.37. The average molecular weight is 288 g/mol. The Labute approximate surface area is 114 Å². The molecule has 2 rings (SSSR count). The molecule has 0 atom stereocenters. The van der Waals surface area contributed by atoms with Crippen LogP contribution in [0.5, 0.6) is 0 Å². The van der Waals surface area contributed by atoms with Crippen molar-refractivity contribution in [1.82, 2.24) is 5.32 Å². The predicted molar refractivity (Wildman–Crippen MR) is 66.8 cm³/mol. The van der Waals surface area contributed by atoms with E-state index in [1.165, 1.54) is 0 Å². The summed E-state index contributed by atoms with van der Waals surface area (Å²) in [5.74, 6) is -3.65. The van der Waals surface area contributed by atoms with Crippen molar-refractivity contribution >= 4 is 11.7 Å². The van der Waals surface area contributed by atoms with Crippen LogP contribution in [0.4, 0.5) is 23.7 Å². The molecule has 0 radical (unpaired) electrons. The molecule has 0 unspecified atom stereocenters. The highest BCUT2D eigenvalue weighted by atomic mass is 19.2. The zero-order valence-corrected chi connectivity index (χ0v) is 10.7. The van der Waals surface area contributed by atoms with Crippen LogP contribution < -0.4 is 10.6 Å². The van der Waals surface area contributed by atoms with Crippen LogP contribution in [-0.4, -0.2) is 23.3 Å². The Morgan fingerprint density at radius 3 is 2.40 bits per heavy atom. The van der Waals surface area contributed by atoms with Crippen molar-refractivity contribution in [2.75, 3.05) is 11.9 Å². The van der Waals surface area contributed by atoms with Gasteiger partial charge in [-0.2, -0.15) is 0 Å². The van der Waals surface area contributed by atoms with Crippen molar-refractivity contribution in [2.24, 2.45) is 0 Å². The Hall–Kier alpha value is -1.76. The Bertz CT molecular complexity index is 517. The number of amides is 2. The van der Waals surface area contributed by atoms with Crippen LogP contribution in [0.2, 0.25) is 0 Å². The van der Waals surface area contributed by atoms with E-state index in [-0.39, 0.29) is 6.54 Å². The minimum atomic E-state index is -1.33. The van der Waals surface area contributed by atoms with Gasteiger partial charge in [-0.15, -0.1) is 0 Å². The van der Waals surface area contributed by atoms with Gasteiger partial charge in [0, 0.05) is 18.7 Å². The molecule has 1 aliphatic carbocycles. The molecule has 0 spiro atoms. The number of hydrogen-bond acceptors (Lipinski definition) is 2. The highest BCUT2D eigenvalue weighted by molar-refractivity contribution is 5.89. The van der Waals surface area contributed by atoms with E-state index in [1.54, 1.807) is 0 Å². The molecule has 0 saturated heterocycles. The SMILES string of the molecule is O=C(NCC1(O)CCCC1)Nc1cc(F)c(F)cc1F. The number of carbonyl (C=O) groups excluding carboxylic acids is 1. The standard InChI is InChI=1S/C13H15F3N2O2/c14-8-5-10(16)11(6-9(8)15)18-12(19)17-7-13(20)3-1-2-4-13/h5-6,20H,1-4,7H2,(H2,17,18,19).